The lowest BCUT2D eigenvalue weighted by Gasteiger charge is -2.31. The molecule has 1 saturated carbocycles. The van der Waals surface area contributed by atoms with Crippen molar-refractivity contribution in [2.45, 2.75) is 46.1 Å². The Bertz CT molecular complexity index is 565. The number of thiazole rings is 1. The smallest absolute Gasteiger partial charge is 0.184 e. The number of aromatic nitrogens is 1. The fraction of sp³-hybridized carbons (Fsp3) is 0.562. The Hall–Kier alpha value is -1.09. The standard InChI is InChI=1S/C16H22N2S/c1-10-7-11(2)9-13(8-10)17-16-18-15-12(3)5-4-6-14(15)19-16/h4-6,10-11,13H,7-9H2,1-3H3,(H,17,18). The largest absolute Gasteiger partial charge is 0.359 e. The topological polar surface area (TPSA) is 24.9 Å². The third-order valence-electron chi connectivity index (χ3n) is 4.13. The average Bonchev–Trinajstić information content (AvgIpc) is 2.71. The van der Waals surface area contributed by atoms with Gasteiger partial charge in [0.15, 0.2) is 5.13 Å². The highest BCUT2D eigenvalue weighted by molar-refractivity contribution is 7.22. The maximum absolute atomic E-state index is 4.76. The molecule has 1 fully saturated rings. The van der Waals surface area contributed by atoms with Crippen molar-refractivity contribution in [1.29, 1.82) is 0 Å². The molecule has 2 aromatic rings. The van der Waals surface area contributed by atoms with Crippen LogP contribution in [0.15, 0.2) is 18.2 Å². The molecule has 2 unspecified atom stereocenters. The number of hydrogen-bond donors (Lipinski definition) is 1. The molecular weight excluding hydrogens is 252 g/mol. The molecule has 2 atom stereocenters. The summed E-state index contributed by atoms with van der Waals surface area (Å²) in [6.45, 7) is 6.87. The summed E-state index contributed by atoms with van der Waals surface area (Å²) in [5.41, 5.74) is 2.43. The Morgan fingerprint density at radius 3 is 2.58 bits per heavy atom. The Labute approximate surface area is 119 Å². The molecule has 1 aromatic heterocycles. The molecule has 102 valence electrons. The molecule has 0 amide bonds. The van der Waals surface area contributed by atoms with E-state index in [4.69, 9.17) is 4.98 Å². The van der Waals surface area contributed by atoms with Gasteiger partial charge in [0.2, 0.25) is 0 Å². The minimum atomic E-state index is 0.597. The van der Waals surface area contributed by atoms with Gasteiger partial charge < -0.3 is 5.32 Å². The van der Waals surface area contributed by atoms with Crippen molar-refractivity contribution >= 4 is 26.7 Å². The summed E-state index contributed by atoms with van der Waals surface area (Å²) in [5.74, 6) is 1.66. The van der Waals surface area contributed by atoms with E-state index in [0.29, 0.717) is 6.04 Å². The minimum absolute atomic E-state index is 0.597. The molecule has 0 spiro atoms. The van der Waals surface area contributed by atoms with E-state index in [1.807, 2.05) is 0 Å². The Morgan fingerprint density at radius 1 is 1.16 bits per heavy atom. The maximum Gasteiger partial charge on any atom is 0.184 e. The highest BCUT2D eigenvalue weighted by Crippen LogP contribution is 2.33. The van der Waals surface area contributed by atoms with E-state index in [0.717, 1.165) is 22.5 Å². The first-order valence-electron chi connectivity index (χ1n) is 7.24. The van der Waals surface area contributed by atoms with Gasteiger partial charge in [0.25, 0.3) is 0 Å². The lowest BCUT2D eigenvalue weighted by Crippen LogP contribution is -2.30. The number of anilines is 1. The maximum atomic E-state index is 4.76. The van der Waals surface area contributed by atoms with Crippen LogP contribution in [0.3, 0.4) is 0 Å². The number of benzene rings is 1. The Balaban J connectivity index is 1.79. The van der Waals surface area contributed by atoms with Gasteiger partial charge >= 0.3 is 0 Å². The lowest BCUT2D eigenvalue weighted by molar-refractivity contribution is 0.281. The molecule has 1 heterocycles. The Morgan fingerprint density at radius 2 is 1.89 bits per heavy atom. The van der Waals surface area contributed by atoms with E-state index in [-0.39, 0.29) is 0 Å². The zero-order valence-corrected chi connectivity index (χ0v) is 12.8. The molecule has 0 bridgehead atoms. The molecule has 3 heteroatoms. The first-order chi connectivity index (χ1) is 9.11. The van der Waals surface area contributed by atoms with Crippen molar-refractivity contribution in [3.8, 4) is 0 Å². The first kappa shape index (κ1) is 12.9. The molecule has 0 aliphatic heterocycles. The van der Waals surface area contributed by atoms with Crippen LogP contribution < -0.4 is 5.32 Å². The van der Waals surface area contributed by atoms with Crippen molar-refractivity contribution in [2.24, 2.45) is 11.8 Å². The molecule has 1 aromatic carbocycles. The van der Waals surface area contributed by atoms with Crippen LogP contribution in [-0.2, 0) is 0 Å². The van der Waals surface area contributed by atoms with Crippen molar-refractivity contribution in [3.63, 3.8) is 0 Å². The van der Waals surface area contributed by atoms with Gasteiger partial charge in [0.1, 0.15) is 0 Å². The van der Waals surface area contributed by atoms with Crippen molar-refractivity contribution in [3.05, 3.63) is 23.8 Å². The predicted molar refractivity (Wildman–Crippen MR) is 83.9 cm³/mol. The second-order valence-corrected chi connectivity index (χ2v) is 7.23. The van der Waals surface area contributed by atoms with Crippen molar-refractivity contribution in [1.82, 2.24) is 4.98 Å². The monoisotopic (exact) mass is 274 g/mol. The molecular formula is C16H22N2S. The Kier molecular flexibility index (Phi) is 3.48. The number of aryl methyl sites for hydroxylation is 1. The van der Waals surface area contributed by atoms with E-state index in [1.54, 1.807) is 11.3 Å². The number of hydrogen-bond acceptors (Lipinski definition) is 3. The third kappa shape index (κ3) is 2.76. The van der Waals surface area contributed by atoms with Crippen LogP contribution in [0.25, 0.3) is 10.2 Å². The number of nitrogens with zero attached hydrogens (tertiary/aromatic N) is 1. The highest BCUT2D eigenvalue weighted by Gasteiger charge is 2.24. The van der Waals surface area contributed by atoms with Gasteiger partial charge in [-0.1, -0.05) is 37.3 Å². The SMILES string of the molecule is Cc1cccc2sc(NC3CC(C)CC(C)C3)nc12. The zero-order valence-electron chi connectivity index (χ0n) is 11.9. The lowest BCUT2D eigenvalue weighted by atomic mass is 9.80. The summed E-state index contributed by atoms with van der Waals surface area (Å²) >= 11 is 1.79. The van der Waals surface area contributed by atoms with E-state index in [1.165, 1.54) is 29.5 Å². The van der Waals surface area contributed by atoms with Crippen LogP contribution in [0.1, 0.15) is 38.7 Å². The van der Waals surface area contributed by atoms with E-state index in [9.17, 15) is 0 Å². The normalized spacial score (nSPS) is 27.6. The zero-order chi connectivity index (χ0) is 13.4. The summed E-state index contributed by atoms with van der Waals surface area (Å²) in [7, 11) is 0. The van der Waals surface area contributed by atoms with Gasteiger partial charge in [-0.05, 0) is 49.7 Å². The van der Waals surface area contributed by atoms with Gasteiger partial charge in [0, 0.05) is 6.04 Å². The third-order valence-corrected chi connectivity index (χ3v) is 5.08. The number of nitrogens with one attached hydrogen (secondary N) is 1. The van der Waals surface area contributed by atoms with Crippen LogP contribution in [0.5, 0.6) is 0 Å². The summed E-state index contributed by atoms with van der Waals surface area (Å²) in [5, 5.41) is 4.76. The molecule has 1 aliphatic rings. The fourth-order valence-corrected chi connectivity index (χ4v) is 4.41. The molecule has 2 nitrogen and oxygen atoms in total. The van der Waals surface area contributed by atoms with Crippen LogP contribution in [-0.4, -0.2) is 11.0 Å². The summed E-state index contributed by atoms with van der Waals surface area (Å²) < 4.78 is 1.29. The predicted octanol–water partition coefficient (Wildman–Crippen LogP) is 4.84. The molecule has 1 N–H and O–H groups in total. The second kappa shape index (κ2) is 5.12. The molecule has 19 heavy (non-hydrogen) atoms. The average molecular weight is 274 g/mol. The summed E-state index contributed by atoms with van der Waals surface area (Å²) in [6, 6.07) is 7.01. The first-order valence-corrected chi connectivity index (χ1v) is 8.06. The van der Waals surface area contributed by atoms with E-state index >= 15 is 0 Å². The van der Waals surface area contributed by atoms with Crippen LogP contribution in [0.4, 0.5) is 5.13 Å². The van der Waals surface area contributed by atoms with Crippen molar-refractivity contribution < 1.29 is 0 Å². The van der Waals surface area contributed by atoms with Gasteiger partial charge in [0.05, 0.1) is 10.2 Å². The van der Waals surface area contributed by atoms with Crippen LogP contribution in [0, 0.1) is 18.8 Å². The van der Waals surface area contributed by atoms with Gasteiger partial charge in [-0.3, -0.25) is 0 Å². The van der Waals surface area contributed by atoms with Gasteiger partial charge in [-0.15, -0.1) is 0 Å². The van der Waals surface area contributed by atoms with E-state index in [2.05, 4.69) is 44.3 Å². The molecule has 1 aliphatic carbocycles. The quantitative estimate of drug-likeness (QED) is 0.847. The number of fused-ring (bicyclic) bond motifs is 1. The van der Waals surface area contributed by atoms with Gasteiger partial charge in [-0.2, -0.15) is 0 Å². The van der Waals surface area contributed by atoms with E-state index < -0.39 is 0 Å². The van der Waals surface area contributed by atoms with Crippen LogP contribution in [0.2, 0.25) is 0 Å². The van der Waals surface area contributed by atoms with Crippen LogP contribution >= 0.6 is 11.3 Å². The summed E-state index contributed by atoms with van der Waals surface area (Å²) in [4.78, 5) is 4.76. The molecule has 0 saturated heterocycles. The number of para-hydroxylation sites is 1. The fourth-order valence-electron chi connectivity index (χ4n) is 3.39. The minimum Gasteiger partial charge on any atom is -0.359 e. The number of rotatable bonds is 2. The van der Waals surface area contributed by atoms with Gasteiger partial charge in [-0.25, -0.2) is 4.98 Å². The van der Waals surface area contributed by atoms with Crippen molar-refractivity contribution in [2.75, 3.05) is 5.32 Å². The summed E-state index contributed by atoms with van der Waals surface area (Å²) in [6.07, 6.45) is 3.93. The molecule has 3 rings (SSSR count). The molecule has 0 radical (unpaired) electrons. The second-order valence-electron chi connectivity index (χ2n) is 6.20. The highest BCUT2D eigenvalue weighted by atomic mass is 32.1.